The zero-order chi connectivity index (χ0) is 9.71. The minimum atomic E-state index is 0.671. The van der Waals surface area contributed by atoms with Gasteiger partial charge in [-0.15, -0.1) is 0 Å². The molecule has 0 amide bonds. The predicted octanol–water partition coefficient (Wildman–Crippen LogP) is 3.23. The molecule has 1 heteroatoms. The number of rotatable bonds is 1. The van der Waals surface area contributed by atoms with E-state index in [1.165, 1.54) is 23.1 Å². The molecule has 2 atom stereocenters. The second-order valence-electron chi connectivity index (χ2n) is 4.30. The summed E-state index contributed by atoms with van der Waals surface area (Å²) in [6.45, 7) is 2.24. The van der Waals surface area contributed by atoms with Gasteiger partial charge in [0.1, 0.15) is 5.75 Å². The van der Waals surface area contributed by atoms with Gasteiger partial charge in [0.15, 0.2) is 0 Å². The van der Waals surface area contributed by atoms with Crippen LogP contribution in [0.15, 0.2) is 29.8 Å². The molecule has 1 aromatic carbocycles. The number of allylic oxidation sites excluding steroid dienone is 2. The van der Waals surface area contributed by atoms with Crippen LogP contribution >= 0.6 is 0 Å². The molecule has 2 bridgehead atoms. The van der Waals surface area contributed by atoms with Gasteiger partial charge in [0.25, 0.3) is 0 Å². The van der Waals surface area contributed by atoms with Crippen LogP contribution in [0.25, 0.3) is 0 Å². The van der Waals surface area contributed by atoms with Gasteiger partial charge in [0, 0.05) is 11.8 Å². The fraction of sp³-hybridized carbons (Fsp3) is 0.385. The van der Waals surface area contributed by atoms with Crippen molar-refractivity contribution in [1.82, 2.24) is 0 Å². The normalized spacial score (nSPS) is 27.4. The molecule has 0 aliphatic heterocycles. The van der Waals surface area contributed by atoms with Crippen LogP contribution in [0.4, 0.5) is 0 Å². The van der Waals surface area contributed by atoms with Crippen LogP contribution in [0.1, 0.15) is 36.3 Å². The second-order valence-corrected chi connectivity index (χ2v) is 4.30. The molecule has 14 heavy (non-hydrogen) atoms. The van der Waals surface area contributed by atoms with Crippen LogP contribution in [-0.2, 0) is 0 Å². The van der Waals surface area contributed by atoms with E-state index in [1.807, 2.05) is 0 Å². The minimum Gasteiger partial charge on any atom is -0.497 e. The van der Waals surface area contributed by atoms with Gasteiger partial charge in [-0.05, 0) is 36.6 Å². The van der Waals surface area contributed by atoms with Gasteiger partial charge < -0.3 is 4.74 Å². The van der Waals surface area contributed by atoms with Gasteiger partial charge in [-0.25, -0.2) is 0 Å². The molecule has 2 aliphatic rings. The van der Waals surface area contributed by atoms with Crippen molar-refractivity contribution in [3.8, 4) is 5.75 Å². The Morgan fingerprint density at radius 2 is 2.14 bits per heavy atom. The summed E-state index contributed by atoms with van der Waals surface area (Å²) >= 11 is 0. The first kappa shape index (κ1) is 8.10. The molecule has 3 rings (SSSR count). The van der Waals surface area contributed by atoms with Crippen molar-refractivity contribution in [2.24, 2.45) is 0 Å². The smallest absolute Gasteiger partial charge is 0.119 e. The van der Waals surface area contributed by atoms with Gasteiger partial charge in [0.05, 0.1) is 7.11 Å². The maximum Gasteiger partial charge on any atom is 0.119 e. The first-order chi connectivity index (χ1) is 6.79. The van der Waals surface area contributed by atoms with Crippen LogP contribution < -0.4 is 4.74 Å². The molecule has 1 nitrogen and oxygen atoms in total. The highest BCUT2D eigenvalue weighted by molar-refractivity contribution is 5.52. The fourth-order valence-electron chi connectivity index (χ4n) is 2.85. The molecule has 0 aromatic heterocycles. The maximum absolute atomic E-state index is 5.26. The fourth-order valence-corrected chi connectivity index (χ4v) is 2.85. The predicted molar refractivity (Wildman–Crippen MR) is 56.9 cm³/mol. The van der Waals surface area contributed by atoms with Crippen molar-refractivity contribution in [3.63, 3.8) is 0 Å². The molecule has 1 aromatic rings. The van der Waals surface area contributed by atoms with Crippen molar-refractivity contribution in [3.05, 3.63) is 41.0 Å². The molecule has 0 saturated carbocycles. The number of methoxy groups -OCH3 is 1. The number of hydrogen-bond acceptors (Lipinski definition) is 1. The number of ether oxygens (including phenoxy) is 1. The third-order valence-electron chi connectivity index (χ3n) is 3.57. The van der Waals surface area contributed by atoms with E-state index >= 15 is 0 Å². The third kappa shape index (κ3) is 0.899. The summed E-state index contributed by atoms with van der Waals surface area (Å²) in [4.78, 5) is 0. The summed E-state index contributed by atoms with van der Waals surface area (Å²) in [6.07, 6.45) is 3.70. The van der Waals surface area contributed by atoms with Crippen molar-refractivity contribution in [2.45, 2.75) is 25.2 Å². The molecule has 0 heterocycles. The Morgan fingerprint density at radius 3 is 2.93 bits per heavy atom. The summed E-state index contributed by atoms with van der Waals surface area (Å²) in [6, 6.07) is 6.50. The second kappa shape index (κ2) is 2.63. The monoisotopic (exact) mass is 186 g/mol. The summed E-state index contributed by atoms with van der Waals surface area (Å²) in [7, 11) is 1.73. The summed E-state index contributed by atoms with van der Waals surface area (Å²) in [5.41, 5.74) is 4.55. The van der Waals surface area contributed by atoms with Crippen molar-refractivity contribution in [1.29, 1.82) is 0 Å². The van der Waals surface area contributed by atoms with Crippen LogP contribution in [0.2, 0.25) is 0 Å². The topological polar surface area (TPSA) is 9.23 Å². The Kier molecular flexibility index (Phi) is 1.52. The van der Waals surface area contributed by atoms with Crippen LogP contribution in [-0.4, -0.2) is 7.11 Å². The molecule has 0 saturated heterocycles. The van der Waals surface area contributed by atoms with E-state index in [4.69, 9.17) is 4.74 Å². The summed E-state index contributed by atoms with van der Waals surface area (Å²) < 4.78 is 5.26. The van der Waals surface area contributed by atoms with E-state index < -0.39 is 0 Å². The van der Waals surface area contributed by atoms with E-state index in [0.29, 0.717) is 11.8 Å². The van der Waals surface area contributed by atoms with E-state index in [-0.39, 0.29) is 0 Å². The highest BCUT2D eigenvalue weighted by Gasteiger charge is 2.35. The Balaban J connectivity index is 2.13. The molecular formula is C13H14O. The van der Waals surface area contributed by atoms with E-state index in [2.05, 4.69) is 31.2 Å². The van der Waals surface area contributed by atoms with Crippen LogP contribution in [0.5, 0.6) is 5.75 Å². The quantitative estimate of drug-likeness (QED) is 0.612. The number of fused-ring (bicyclic) bond motifs is 5. The Bertz CT molecular complexity index is 417. The molecule has 0 spiro atoms. The zero-order valence-corrected chi connectivity index (χ0v) is 8.58. The van der Waals surface area contributed by atoms with Crippen molar-refractivity contribution < 1.29 is 4.74 Å². The van der Waals surface area contributed by atoms with Gasteiger partial charge in [-0.1, -0.05) is 17.7 Å². The third-order valence-corrected chi connectivity index (χ3v) is 3.57. The summed E-state index contributed by atoms with van der Waals surface area (Å²) in [5.74, 6) is 2.34. The van der Waals surface area contributed by atoms with Gasteiger partial charge in [0.2, 0.25) is 0 Å². The highest BCUT2D eigenvalue weighted by atomic mass is 16.5. The molecule has 0 radical (unpaired) electrons. The molecule has 0 fully saturated rings. The van der Waals surface area contributed by atoms with Gasteiger partial charge in [-0.3, -0.25) is 0 Å². The number of benzene rings is 1. The average Bonchev–Trinajstić information content (AvgIpc) is 2.74. The van der Waals surface area contributed by atoms with E-state index in [1.54, 1.807) is 7.11 Å². The number of hydrogen-bond donors (Lipinski definition) is 0. The lowest BCUT2D eigenvalue weighted by Gasteiger charge is -2.15. The lowest BCUT2D eigenvalue weighted by molar-refractivity contribution is 0.414. The highest BCUT2D eigenvalue weighted by Crippen LogP contribution is 2.52. The van der Waals surface area contributed by atoms with Crippen LogP contribution in [0, 0.1) is 0 Å². The molecular weight excluding hydrogens is 172 g/mol. The lowest BCUT2D eigenvalue weighted by atomic mass is 9.92. The molecule has 72 valence electrons. The van der Waals surface area contributed by atoms with Crippen molar-refractivity contribution >= 4 is 0 Å². The van der Waals surface area contributed by atoms with Gasteiger partial charge in [-0.2, -0.15) is 0 Å². The summed E-state index contributed by atoms with van der Waals surface area (Å²) in [5, 5.41) is 0. The molecule has 2 aliphatic carbocycles. The Morgan fingerprint density at radius 1 is 1.29 bits per heavy atom. The van der Waals surface area contributed by atoms with Gasteiger partial charge >= 0.3 is 0 Å². The first-order valence-corrected chi connectivity index (χ1v) is 5.15. The first-order valence-electron chi connectivity index (χ1n) is 5.15. The molecule has 0 unspecified atom stereocenters. The van der Waals surface area contributed by atoms with Crippen LogP contribution in [0.3, 0.4) is 0 Å². The lowest BCUT2D eigenvalue weighted by Crippen LogP contribution is -1.97. The zero-order valence-electron chi connectivity index (χ0n) is 8.58. The minimum absolute atomic E-state index is 0.671. The Labute approximate surface area is 84.4 Å². The van der Waals surface area contributed by atoms with E-state index in [9.17, 15) is 0 Å². The Hall–Kier alpha value is -1.24. The largest absolute Gasteiger partial charge is 0.497 e. The van der Waals surface area contributed by atoms with Crippen molar-refractivity contribution in [2.75, 3.05) is 7.11 Å². The average molecular weight is 186 g/mol. The molecule has 0 N–H and O–H groups in total. The maximum atomic E-state index is 5.26. The standard InChI is InChI=1S/C13H14O/c1-8-5-9-6-12(8)13-7-10(14-2)3-4-11(9)13/h3-5,7,9,12H,6H2,1-2H3/t9-,12-/m0/s1. The van der Waals surface area contributed by atoms with E-state index in [0.717, 1.165) is 5.75 Å². The SMILES string of the molecule is COc1ccc2c(c1)[C@H]1C[C@@H]2C=C1C.